The fourth-order valence-corrected chi connectivity index (χ4v) is 11.3. The number of hydrogen-bond donors (Lipinski definition) is 1. The molecule has 11 atom stereocenters. The predicted octanol–water partition coefficient (Wildman–Crippen LogP) is 9.66. The summed E-state index contributed by atoms with van der Waals surface area (Å²) >= 11 is 0. The highest BCUT2D eigenvalue weighted by molar-refractivity contribution is 5.27. The van der Waals surface area contributed by atoms with Gasteiger partial charge in [-0.25, -0.2) is 0 Å². The highest BCUT2D eigenvalue weighted by atomic mass is 16.3. The van der Waals surface area contributed by atoms with Gasteiger partial charge in [0.05, 0.1) is 6.10 Å². The van der Waals surface area contributed by atoms with E-state index in [-0.39, 0.29) is 11.5 Å². The molecule has 0 spiro atoms. The van der Waals surface area contributed by atoms with E-state index in [1.165, 1.54) is 63.4 Å². The van der Waals surface area contributed by atoms with Crippen LogP contribution < -0.4 is 0 Å². The van der Waals surface area contributed by atoms with Gasteiger partial charge in [-0.3, -0.25) is 0 Å². The number of allylic oxidation sites excluding steroid dienone is 1. The number of benzene rings is 1. The Kier molecular flexibility index (Phi) is 8.04. The molecule has 5 rings (SSSR count). The standard InChI is InChI=1S/C36H56O/c1-7-12-28-31-18-17-27-30-20-19-29(25(4)14-11-13-24(2)3)35(30,5)22-21-32(27)36(31,6)33(23-34(28)37)26-15-9-8-10-16-26/h7-10,15-16,24-25,27-34,37H,1,11-14,17-23H2,2-6H3/t25-,27+,28?,29-,30+,31?,32+,33?,34+,35-,36+/m1/s1. The van der Waals surface area contributed by atoms with Gasteiger partial charge in [-0.05, 0) is 121 Å². The average molecular weight is 505 g/mol. The molecular weight excluding hydrogens is 448 g/mol. The first-order valence-electron chi connectivity index (χ1n) is 16.1. The SMILES string of the molecule is C=CCC1C2CC[C@@H]3[C@H](CC[C@]4(C)[C@@H]([C@H](C)CCCC(C)C)CC[C@@H]34)[C@@]2(C)C(c2ccccc2)C[C@@H]1O. The molecule has 206 valence electrons. The van der Waals surface area contributed by atoms with E-state index in [2.05, 4.69) is 77.6 Å². The minimum absolute atomic E-state index is 0.200. The van der Waals surface area contributed by atoms with E-state index in [4.69, 9.17) is 0 Å². The zero-order valence-corrected chi connectivity index (χ0v) is 24.7. The summed E-state index contributed by atoms with van der Waals surface area (Å²) in [5.41, 5.74) is 2.29. The summed E-state index contributed by atoms with van der Waals surface area (Å²) in [7, 11) is 0. The Morgan fingerprint density at radius 3 is 2.38 bits per heavy atom. The summed E-state index contributed by atoms with van der Waals surface area (Å²) in [5, 5.41) is 11.4. The number of rotatable bonds is 8. The summed E-state index contributed by atoms with van der Waals surface area (Å²) in [5.74, 6) is 6.66. The van der Waals surface area contributed by atoms with Crippen molar-refractivity contribution in [1.29, 1.82) is 0 Å². The minimum atomic E-state index is -0.200. The van der Waals surface area contributed by atoms with Crippen LogP contribution in [-0.4, -0.2) is 11.2 Å². The van der Waals surface area contributed by atoms with Crippen LogP contribution in [0.5, 0.6) is 0 Å². The Bertz CT molecular complexity index is 905. The van der Waals surface area contributed by atoms with Crippen molar-refractivity contribution < 1.29 is 5.11 Å². The lowest BCUT2D eigenvalue weighted by atomic mass is 9.40. The molecule has 1 nitrogen and oxygen atoms in total. The first-order chi connectivity index (χ1) is 17.7. The Morgan fingerprint density at radius 1 is 0.946 bits per heavy atom. The molecule has 0 aromatic heterocycles. The Hall–Kier alpha value is -1.08. The second-order valence-electron chi connectivity index (χ2n) is 14.9. The summed E-state index contributed by atoms with van der Waals surface area (Å²) < 4.78 is 0. The van der Waals surface area contributed by atoms with E-state index >= 15 is 0 Å². The molecule has 0 saturated heterocycles. The molecule has 0 radical (unpaired) electrons. The van der Waals surface area contributed by atoms with Gasteiger partial charge in [0.2, 0.25) is 0 Å². The molecule has 4 aliphatic rings. The summed E-state index contributed by atoms with van der Waals surface area (Å²) in [4.78, 5) is 0. The van der Waals surface area contributed by atoms with Gasteiger partial charge < -0.3 is 5.11 Å². The average Bonchev–Trinajstić information content (AvgIpc) is 3.23. The van der Waals surface area contributed by atoms with Gasteiger partial charge >= 0.3 is 0 Å². The van der Waals surface area contributed by atoms with Gasteiger partial charge in [0, 0.05) is 0 Å². The third-order valence-electron chi connectivity index (χ3n) is 12.9. The fraction of sp³-hybridized carbons (Fsp3) is 0.778. The molecule has 1 N–H and O–H groups in total. The molecule has 37 heavy (non-hydrogen) atoms. The third kappa shape index (κ3) is 4.68. The maximum absolute atomic E-state index is 11.4. The van der Waals surface area contributed by atoms with Crippen molar-refractivity contribution >= 4 is 0 Å². The lowest BCUT2D eigenvalue weighted by Crippen LogP contribution is -2.59. The third-order valence-corrected chi connectivity index (χ3v) is 12.9. The van der Waals surface area contributed by atoms with Crippen LogP contribution in [0.15, 0.2) is 43.0 Å². The van der Waals surface area contributed by atoms with Crippen LogP contribution >= 0.6 is 0 Å². The van der Waals surface area contributed by atoms with E-state index in [0.29, 0.717) is 23.2 Å². The molecular formula is C36H56O. The highest BCUT2D eigenvalue weighted by Crippen LogP contribution is 2.71. The number of aliphatic hydroxyl groups is 1. The van der Waals surface area contributed by atoms with Crippen molar-refractivity contribution in [3.8, 4) is 0 Å². The zero-order valence-electron chi connectivity index (χ0n) is 24.7. The van der Waals surface area contributed by atoms with E-state index in [0.717, 1.165) is 48.3 Å². The van der Waals surface area contributed by atoms with Gasteiger partial charge in [0.1, 0.15) is 0 Å². The van der Waals surface area contributed by atoms with Gasteiger partial charge in [-0.1, -0.05) is 90.3 Å². The van der Waals surface area contributed by atoms with Crippen LogP contribution in [0.1, 0.15) is 117 Å². The van der Waals surface area contributed by atoms with Crippen LogP contribution in [-0.2, 0) is 0 Å². The van der Waals surface area contributed by atoms with Crippen LogP contribution in [0.3, 0.4) is 0 Å². The second kappa shape index (κ2) is 10.8. The Labute approximate surface area is 228 Å². The molecule has 4 fully saturated rings. The van der Waals surface area contributed by atoms with Crippen molar-refractivity contribution in [3.63, 3.8) is 0 Å². The van der Waals surface area contributed by atoms with Crippen LogP contribution in [0.25, 0.3) is 0 Å². The summed E-state index contributed by atoms with van der Waals surface area (Å²) in [6, 6.07) is 11.3. The Morgan fingerprint density at radius 2 is 1.68 bits per heavy atom. The monoisotopic (exact) mass is 504 g/mol. The predicted molar refractivity (Wildman–Crippen MR) is 157 cm³/mol. The molecule has 0 amide bonds. The van der Waals surface area contributed by atoms with Gasteiger partial charge in [-0.15, -0.1) is 6.58 Å². The summed E-state index contributed by atoms with van der Waals surface area (Å²) in [6.45, 7) is 16.9. The molecule has 4 aliphatic carbocycles. The van der Waals surface area contributed by atoms with Crippen molar-refractivity contribution in [2.75, 3.05) is 0 Å². The molecule has 1 heteroatoms. The fourth-order valence-electron chi connectivity index (χ4n) is 11.3. The molecule has 0 bridgehead atoms. The molecule has 0 aliphatic heterocycles. The smallest absolute Gasteiger partial charge is 0.0580 e. The van der Waals surface area contributed by atoms with Gasteiger partial charge in [0.25, 0.3) is 0 Å². The lowest BCUT2D eigenvalue weighted by Gasteiger charge is -2.65. The van der Waals surface area contributed by atoms with Crippen LogP contribution in [0.4, 0.5) is 0 Å². The van der Waals surface area contributed by atoms with Crippen LogP contribution in [0.2, 0.25) is 0 Å². The van der Waals surface area contributed by atoms with E-state index in [9.17, 15) is 5.11 Å². The topological polar surface area (TPSA) is 20.2 Å². The van der Waals surface area contributed by atoms with Gasteiger partial charge in [-0.2, -0.15) is 0 Å². The number of fused-ring (bicyclic) bond motifs is 5. The first-order valence-corrected chi connectivity index (χ1v) is 16.1. The molecule has 1 aromatic rings. The molecule has 4 saturated carbocycles. The Balaban J connectivity index is 1.43. The summed E-state index contributed by atoms with van der Waals surface area (Å²) in [6.07, 6.45) is 16.5. The molecule has 1 aromatic carbocycles. The number of hydrogen-bond acceptors (Lipinski definition) is 1. The van der Waals surface area contributed by atoms with Crippen molar-refractivity contribution in [2.24, 2.45) is 58.2 Å². The van der Waals surface area contributed by atoms with Gasteiger partial charge in [0.15, 0.2) is 0 Å². The highest BCUT2D eigenvalue weighted by Gasteiger charge is 2.64. The van der Waals surface area contributed by atoms with E-state index < -0.39 is 0 Å². The maximum Gasteiger partial charge on any atom is 0.0580 e. The van der Waals surface area contributed by atoms with Crippen molar-refractivity contribution in [2.45, 2.75) is 117 Å². The largest absolute Gasteiger partial charge is 0.393 e. The maximum atomic E-state index is 11.4. The first kappa shape index (κ1) is 27.5. The van der Waals surface area contributed by atoms with Crippen molar-refractivity contribution in [3.05, 3.63) is 48.6 Å². The molecule has 0 heterocycles. The van der Waals surface area contributed by atoms with Crippen LogP contribution in [0, 0.1) is 58.2 Å². The normalized spacial score (nSPS) is 44.1. The minimum Gasteiger partial charge on any atom is -0.393 e. The van der Waals surface area contributed by atoms with E-state index in [1.807, 2.05) is 0 Å². The second-order valence-corrected chi connectivity index (χ2v) is 14.9. The number of aliphatic hydroxyl groups excluding tert-OH is 1. The lowest BCUT2D eigenvalue weighted by molar-refractivity contribution is -0.163. The zero-order chi connectivity index (χ0) is 26.4. The van der Waals surface area contributed by atoms with E-state index in [1.54, 1.807) is 0 Å². The van der Waals surface area contributed by atoms with Crippen molar-refractivity contribution in [1.82, 2.24) is 0 Å². The quantitative estimate of drug-likeness (QED) is 0.349. The molecule has 3 unspecified atom stereocenters.